The molecular weight excluding hydrogens is 985 g/mol. The molecule has 78 heavy (non-hydrogen) atoms. The number of hydrogen-bond donors (Lipinski definition) is 0. The summed E-state index contributed by atoms with van der Waals surface area (Å²) in [6, 6.07) is 0. The Morgan fingerprint density at radius 1 is 0.269 bits per heavy atom. The zero-order valence-electron chi connectivity index (χ0n) is 52.3. The lowest BCUT2D eigenvalue weighted by Gasteiger charge is -2.34. The number of hydrogen-bond acceptors (Lipinski definition) is 12. The molecule has 0 bridgehead atoms. The van der Waals surface area contributed by atoms with Crippen LogP contribution in [-0.4, -0.2) is 73.4 Å². The Balaban J connectivity index is 4.74. The molecule has 4 atom stereocenters. The highest BCUT2D eigenvalue weighted by molar-refractivity contribution is 5.71. The van der Waals surface area contributed by atoms with E-state index >= 15 is 0 Å². The van der Waals surface area contributed by atoms with Crippen LogP contribution < -0.4 is 0 Å². The molecule has 12 heteroatoms. The molecule has 0 heterocycles. The van der Waals surface area contributed by atoms with E-state index in [4.69, 9.17) is 28.4 Å². The first-order valence-electron chi connectivity index (χ1n) is 32.5. The maximum atomic E-state index is 12.8. The summed E-state index contributed by atoms with van der Waals surface area (Å²) >= 11 is 0. The lowest BCUT2D eigenvalue weighted by molar-refractivity contribution is -0.154. The number of rotatable bonds is 55. The Morgan fingerprint density at radius 3 is 0.833 bits per heavy atom. The fourth-order valence-electron chi connectivity index (χ4n) is 10.4. The summed E-state index contributed by atoms with van der Waals surface area (Å²) in [6.07, 6.45) is 35.2. The quantitative estimate of drug-likeness (QED) is 0.0323. The largest absolute Gasteiger partial charge is 0.465 e. The predicted octanol–water partition coefficient (Wildman–Crippen LogP) is 18.3. The van der Waals surface area contributed by atoms with Crippen LogP contribution in [0, 0.1) is 10.8 Å². The SMILES string of the molecule is CCCCCCC(CCC(CCCCCCCC(=O)OCC(C)(C)CC(C)(C)COC(=O)CCCCCCCC(CCC(CCCCCC)OC(=O)CCCCC)OC(=O)CCCC)OC(=O)CCC)OC(=O)CCCCC. The van der Waals surface area contributed by atoms with Crippen molar-refractivity contribution in [3.63, 3.8) is 0 Å². The van der Waals surface area contributed by atoms with E-state index in [9.17, 15) is 28.8 Å². The lowest BCUT2D eigenvalue weighted by atomic mass is 9.76. The Labute approximate surface area is 478 Å². The van der Waals surface area contributed by atoms with E-state index in [1.807, 2.05) is 6.92 Å². The lowest BCUT2D eigenvalue weighted by Crippen LogP contribution is -2.32. The van der Waals surface area contributed by atoms with Crippen LogP contribution in [-0.2, 0) is 57.2 Å². The monoisotopic (exact) mass is 1110 g/mol. The average Bonchev–Trinajstić information content (AvgIpc) is 3.39. The van der Waals surface area contributed by atoms with Crippen molar-refractivity contribution in [2.24, 2.45) is 10.8 Å². The van der Waals surface area contributed by atoms with Crippen LogP contribution in [0.25, 0.3) is 0 Å². The molecule has 12 nitrogen and oxygen atoms in total. The maximum Gasteiger partial charge on any atom is 0.306 e. The highest BCUT2D eigenvalue weighted by Gasteiger charge is 2.31. The molecule has 4 unspecified atom stereocenters. The first kappa shape index (κ1) is 74.8. The minimum Gasteiger partial charge on any atom is -0.465 e. The predicted molar refractivity (Wildman–Crippen MR) is 317 cm³/mol. The van der Waals surface area contributed by atoms with Crippen LogP contribution in [0.4, 0.5) is 0 Å². The van der Waals surface area contributed by atoms with E-state index in [0.717, 1.165) is 193 Å². The summed E-state index contributed by atoms with van der Waals surface area (Å²) in [4.78, 5) is 76.1. The molecule has 0 aromatic carbocycles. The zero-order valence-corrected chi connectivity index (χ0v) is 52.3. The molecule has 0 spiro atoms. The molecule has 0 aliphatic carbocycles. The number of esters is 6. The van der Waals surface area contributed by atoms with Crippen LogP contribution >= 0.6 is 0 Å². The van der Waals surface area contributed by atoms with Gasteiger partial charge in [-0.15, -0.1) is 0 Å². The smallest absolute Gasteiger partial charge is 0.306 e. The molecule has 458 valence electrons. The van der Waals surface area contributed by atoms with Gasteiger partial charge in [-0.05, 0) is 133 Å². The molecule has 0 rings (SSSR count). The van der Waals surface area contributed by atoms with Crippen LogP contribution in [0.15, 0.2) is 0 Å². The van der Waals surface area contributed by atoms with Gasteiger partial charge in [-0.2, -0.15) is 0 Å². The number of carbonyl (C=O) groups is 6. The first-order chi connectivity index (χ1) is 37.4. The van der Waals surface area contributed by atoms with Crippen molar-refractivity contribution in [1.82, 2.24) is 0 Å². The van der Waals surface area contributed by atoms with E-state index in [-0.39, 0.29) is 71.1 Å². The van der Waals surface area contributed by atoms with Gasteiger partial charge in [0.15, 0.2) is 0 Å². The standard InChI is InChI=1S/C66H122O12/c1-11-17-22-32-39-56(77-63(71)46-30-19-13-3)49-48-55(75-61(69)38-16-6)41-34-26-24-28-36-44-59(67)73-53-65(7,8)52-66(9,10)54-74-60(68)45-37-29-25-27-35-42-58(76-62(70)43-21-15-5)51-50-57(40-33-23-18-12-2)78-64(72)47-31-20-14-4/h55-58H,11-54H2,1-10H3. The van der Waals surface area contributed by atoms with Gasteiger partial charge < -0.3 is 28.4 Å². The van der Waals surface area contributed by atoms with Gasteiger partial charge in [0.25, 0.3) is 0 Å². The van der Waals surface area contributed by atoms with Crippen molar-refractivity contribution in [2.75, 3.05) is 13.2 Å². The maximum absolute atomic E-state index is 12.8. The van der Waals surface area contributed by atoms with Crippen LogP contribution in [0.3, 0.4) is 0 Å². The normalized spacial score (nSPS) is 13.3. The minimum absolute atomic E-state index is 0.112. The van der Waals surface area contributed by atoms with Gasteiger partial charge in [-0.1, -0.05) is 178 Å². The number of ether oxygens (including phenoxy) is 6. The molecule has 0 aliphatic rings. The van der Waals surface area contributed by atoms with E-state index in [2.05, 4.69) is 62.3 Å². The minimum atomic E-state index is -0.294. The van der Waals surface area contributed by atoms with Gasteiger partial charge in [0.1, 0.15) is 24.4 Å². The summed E-state index contributed by atoms with van der Waals surface area (Å²) < 4.78 is 35.4. The fourth-order valence-corrected chi connectivity index (χ4v) is 10.4. The molecule has 0 saturated carbocycles. The van der Waals surface area contributed by atoms with Crippen molar-refractivity contribution in [3.8, 4) is 0 Å². The third kappa shape index (κ3) is 46.6. The molecule has 0 amide bonds. The molecule has 0 fully saturated rings. The highest BCUT2D eigenvalue weighted by Crippen LogP contribution is 2.35. The van der Waals surface area contributed by atoms with Gasteiger partial charge in [0.2, 0.25) is 0 Å². The second kappa shape index (κ2) is 49.6. The van der Waals surface area contributed by atoms with Crippen molar-refractivity contribution < 1.29 is 57.2 Å². The second-order valence-electron chi connectivity index (χ2n) is 24.5. The van der Waals surface area contributed by atoms with Gasteiger partial charge in [-0.3, -0.25) is 28.8 Å². The summed E-state index contributed by atoms with van der Waals surface area (Å²) in [7, 11) is 0. The highest BCUT2D eigenvalue weighted by atomic mass is 16.6. The summed E-state index contributed by atoms with van der Waals surface area (Å²) in [5.41, 5.74) is -0.588. The van der Waals surface area contributed by atoms with Crippen LogP contribution in [0.1, 0.15) is 339 Å². The third-order valence-electron chi connectivity index (χ3n) is 14.7. The second-order valence-corrected chi connectivity index (χ2v) is 24.5. The summed E-state index contributed by atoms with van der Waals surface area (Å²) in [5.74, 6) is -0.905. The molecule has 0 saturated heterocycles. The fraction of sp³-hybridized carbons (Fsp3) is 0.909. The molecule has 0 aromatic heterocycles. The van der Waals surface area contributed by atoms with Gasteiger partial charge in [0.05, 0.1) is 13.2 Å². The van der Waals surface area contributed by atoms with E-state index in [1.165, 1.54) is 12.8 Å². The van der Waals surface area contributed by atoms with Gasteiger partial charge in [-0.25, -0.2) is 0 Å². The molecule has 0 radical (unpaired) electrons. The number of unbranched alkanes of at least 4 members (excludes halogenated alkanes) is 19. The summed E-state index contributed by atoms with van der Waals surface area (Å²) in [5, 5.41) is 0. The van der Waals surface area contributed by atoms with Crippen molar-refractivity contribution in [3.05, 3.63) is 0 Å². The van der Waals surface area contributed by atoms with E-state index < -0.39 is 0 Å². The molecule has 0 N–H and O–H groups in total. The van der Waals surface area contributed by atoms with Gasteiger partial charge >= 0.3 is 35.8 Å². The average molecular weight is 1110 g/mol. The van der Waals surface area contributed by atoms with Crippen molar-refractivity contribution in [2.45, 2.75) is 363 Å². The summed E-state index contributed by atoms with van der Waals surface area (Å²) in [6.45, 7) is 21.6. The Hall–Kier alpha value is -3.18. The number of carbonyl (C=O) groups excluding carboxylic acids is 6. The Bertz CT molecular complexity index is 1510. The van der Waals surface area contributed by atoms with E-state index in [1.54, 1.807) is 0 Å². The molecular formula is C66H122O12. The van der Waals surface area contributed by atoms with Crippen LogP contribution in [0.2, 0.25) is 0 Å². The van der Waals surface area contributed by atoms with Crippen molar-refractivity contribution >= 4 is 35.8 Å². The zero-order chi connectivity index (χ0) is 58.1. The Morgan fingerprint density at radius 2 is 0.513 bits per heavy atom. The first-order valence-corrected chi connectivity index (χ1v) is 32.5. The Kier molecular flexibility index (Phi) is 47.6. The topological polar surface area (TPSA) is 158 Å². The third-order valence-corrected chi connectivity index (χ3v) is 14.7. The van der Waals surface area contributed by atoms with Gasteiger partial charge in [0, 0.05) is 38.5 Å². The molecule has 0 aliphatic heterocycles. The molecule has 0 aromatic rings. The van der Waals surface area contributed by atoms with Crippen molar-refractivity contribution in [1.29, 1.82) is 0 Å². The van der Waals surface area contributed by atoms with Crippen LogP contribution in [0.5, 0.6) is 0 Å². The van der Waals surface area contributed by atoms with E-state index in [0.29, 0.717) is 77.4 Å².